The number of aliphatic hydroxyl groups is 1. The summed E-state index contributed by atoms with van der Waals surface area (Å²) < 4.78 is 5.17. The SMILES string of the molecule is COc1ccnc(-c2nc3ccc(CO)cc3[nH]2)c1. The average molecular weight is 255 g/mol. The molecule has 5 heteroatoms. The zero-order valence-electron chi connectivity index (χ0n) is 10.4. The minimum Gasteiger partial charge on any atom is -0.497 e. The van der Waals surface area contributed by atoms with Crippen molar-refractivity contribution in [2.75, 3.05) is 7.11 Å². The second-order valence-corrected chi connectivity index (χ2v) is 4.18. The van der Waals surface area contributed by atoms with Gasteiger partial charge in [-0.2, -0.15) is 0 Å². The van der Waals surface area contributed by atoms with Gasteiger partial charge in [0.25, 0.3) is 0 Å². The first-order valence-corrected chi connectivity index (χ1v) is 5.90. The van der Waals surface area contributed by atoms with Crippen LogP contribution in [0, 0.1) is 0 Å². The van der Waals surface area contributed by atoms with E-state index < -0.39 is 0 Å². The van der Waals surface area contributed by atoms with E-state index in [9.17, 15) is 0 Å². The first-order chi connectivity index (χ1) is 9.30. The summed E-state index contributed by atoms with van der Waals surface area (Å²) in [5.74, 6) is 1.42. The Hall–Kier alpha value is -2.40. The molecule has 3 rings (SSSR count). The second kappa shape index (κ2) is 4.70. The number of aromatic nitrogens is 3. The molecule has 0 saturated heterocycles. The monoisotopic (exact) mass is 255 g/mol. The number of hydrogen-bond acceptors (Lipinski definition) is 4. The Morgan fingerprint density at radius 1 is 1.26 bits per heavy atom. The number of nitrogens with zero attached hydrogens (tertiary/aromatic N) is 2. The van der Waals surface area contributed by atoms with Crippen LogP contribution in [0.2, 0.25) is 0 Å². The first kappa shape index (κ1) is 11.7. The van der Waals surface area contributed by atoms with E-state index in [0.717, 1.165) is 28.0 Å². The molecule has 0 radical (unpaired) electrons. The highest BCUT2D eigenvalue weighted by atomic mass is 16.5. The van der Waals surface area contributed by atoms with Crippen molar-refractivity contribution in [3.63, 3.8) is 0 Å². The molecule has 0 atom stereocenters. The van der Waals surface area contributed by atoms with Crippen LogP contribution in [0.15, 0.2) is 36.5 Å². The first-order valence-electron chi connectivity index (χ1n) is 5.90. The zero-order chi connectivity index (χ0) is 13.2. The molecule has 0 aliphatic heterocycles. The van der Waals surface area contributed by atoms with Crippen LogP contribution < -0.4 is 4.74 Å². The van der Waals surface area contributed by atoms with E-state index in [1.807, 2.05) is 24.3 Å². The lowest BCUT2D eigenvalue weighted by Crippen LogP contribution is -1.88. The number of methoxy groups -OCH3 is 1. The lowest BCUT2D eigenvalue weighted by Gasteiger charge is -2.00. The third-order valence-corrected chi connectivity index (χ3v) is 2.94. The maximum Gasteiger partial charge on any atom is 0.157 e. The number of fused-ring (bicyclic) bond motifs is 1. The molecule has 5 nitrogen and oxygen atoms in total. The third-order valence-electron chi connectivity index (χ3n) is 2.94. The molecule has 2 aromatic heterocycles. The predicted octanol–water partition coefficient (Wildman–Crippen LogP) is 2.13. The summed E-state index contributed by atoms with van der Waals surface area (Å²) in [5.41, 5.74) is 3.30. The number of H-pyrrole nitrogens is 1. The van der Waals surface area contributed by atoms with Crippen LogP contribution >= 0.6 is 0 Å². The summed E-state index contributed by atoms with van der Waals surface area (Å²) in [4.78, 5) is 11.9. The number of benzene rings is 1. The molecule has 0 aliphatic carbocycles. The Labute approximate surface area is 109 Å². The Bertz CT molecular complexity index is 722. The summed E-state index contributed by atoms with van der Waals surface area (Å²) in [7, 11) is 1.62. The van der Waals surface area contributed by atoms with Crippen LogP contribution in [0.1, 0.15) is 5.56 Å². The number of hydrogen-bond donors (Lipinski definition) is 2. The van der Waals surface area contributed by atoms with Crippen molar-refractivity contribution in [2.24, 2.45) is 0 Å². The number of aliphatic hydroxyl groups excluding tert-OH is 1. The van der Waals surface area contributed by atoms with Crippen molar-refractivity contribution in [1.29, 1.82) is 0 Å². The fourth-order valence-electron chi connectivity index (χ4n) is 1.94. The minimum atomic E-state index is 0.0156. The van der Waals surface area contributed by atoms with Crippen molar-refractivity contribution in [3.05, 3.63) is 42.1 Å². The molecule has 2 heterocycles. The number of imidazole rings is 1. The second-order valence-electron chi connectivity index (χ2n) is 4.18. The highest BCUT2D eigenvalue weighted by molar-refractivity contribution is 5.79. The maximum absolute atomic E-state index is 9.13. The normalized spacial score (nSPS) is 10.8. The number of aromatic amines is 1. The lowest BCUT2D eigenvalue weighted by molar-refractivity contribution is 0.282. The fraction of sp³-hybridized carbons (Fsp3) is 0.143. The van der Waals surface area contributed by atoms with Crippen LogP contribution in [0.25, 0.3) is 22.6 Å². The van der Waals surface area contributed by atoms with Gasteiger partial charge in [0.05, 0.1) is 24.8 Å². The number of nitrogens with one attached hydrogen (secondary N) is 1. The van der Waals surface area contributed by atoms with Gasteiger partial charge in [0, 0.05) is 12.3 Å². The van der Waals surface area contributed by atoms with Gasteiger partial charge >= 0.3 is 0 Å². The molecule has 0 spiro atoms. The van der Waals surface area contributed by atoms with Gasteiger partial charge in [-0.1, -0.05) is 6.07 Å². The van der Waals surface area contributed by atoms with Crippen LogP contribution in [0.4, 0.5) is 0 Å². The summed E-state index contributed by atoms with van der Waals surface area (Å²) in [5, 5.41) is 9.13. The molecular weight excluding hydrogens is 242 g/mol. The van der Waals surface area contributed by atoms with Gasteiger partial charge in [-0.15, -0.1) is 0 Å². The fourth-order valence-corrected chi connectivity index (χ4v) is 1.94. The molecule has 19 heavy (non-hydrogen) atoms. The highest BCUT2D eigenvalue weighted by Crippen LogP contribution is 2.22. The van der Waals surface area contributed by atoms with Gasteiger partial charge in [-0.25, -0.2) is 4.98 Å². The van der Waals surface area contributed by atoms with Crippen LogP contribution in [-0.4, -0.2) is 27.2 Å². The average Bonchev–Trinajstić information content (AvgIpc) is 2.90. The van der Waals surface area contributed by atoms with Crippen molar-refractivity contribution >= 4 is 11.0 Å². The number of rotatable bonds is 3. The summed E-state index contributed by atoms with van der Waals surface area (Å²) >= 11 is 0. The van der Waals surface area contributed by atoms with Crippen LogP contribution in [0.5, 0.6) is 5.75 Å². The van der Waals surface area contributed by atoms with Crippen LogP contribution in [0.3, 0.4) is 0 Å². The van der Waals surface area contributed by atoms with E-state index >= 15 is 0 Å². The quantitative estimate of drug-likeness (QED) is 0.752. The van der Waals surface area contributed by atoms with Crippen molar-refractivity contribution < 1.29 is 9.84 Å². The van der Waals surface area contributed by atoms with Gasteiger partial charge in [0.15, 0.2) is 5.82 Å². The Morgan fingerprint density at radius 2 is 2.16 bits per heavy atom. The van der Waals surface area contributed by atoms with Crippen molar-refractivity contribution in [3.8, 4) is 17.3 Å². The molecular formula is C14H13N3O2. The molecule has 0 unspecified atom stereocenters. The Balaban J connectivity index is 2.09. The highest BCUT2D eigenvalue weighted by Gasteiger charge is 2.07. The number of ether oxygens (including phenoxy) is 1. The van der Waals surface area contributed by atoms with E-state index in [-0.39, 0.29) is 6.61 Å². The predicted molar refractivity (Wildman–Crippen MR) is 71.8 cm³/mol. The Morgan fingerprint density at radius 3 is 2.95 bits per heavy atom. The standard InChI is InChI=1S/C14H13N3O2/c1-19-10-4-5-15-13(7-10)14-16-11-3-2-9(8-18)6-12(11)17-14/h2-7,18H,8H2,1H3,(H,16,17). The molecule has 0 aliphatic rings. The van der Waals surface area contributed by atoms with Gasteiger partial charge in [-0.05, 0) is 23.8 Å². The van der Waals surface area contributed by atoms with Crippen molar-refractivity contribution in [2.45, 2.75) is 6.61 Å². The van der Waals surface area contributed by atoms with E-state index in [4.69, 9.17) is 9.84 Å². The van der Waals surface area contributed by atoms with Gasteiger partial charge < -0.3 is 14.8 Å². The minimum absolute atomic E-state index is 0.0156. The van der Waals surface area contributed by atoms with Crippen molar-refractivity contribution in [1.82, 2.24) is 15.0 Å². The summed E-state index contributed by atoms with van der Waals surface area (Å²) in [6, 6.07) is 9.22. The molecule has 3 aromatic rings. The van der Waals surface area contributed by atoms with E-state index in [0.29, 0.717) is 5.82 Å². The molecule has 1 aromatic carbocycles. The molecule has 0 amide bonds. The molecule has 0 saturated carbocycles. The van der Waals surface area contributed by atoms with Gasteiger partial charge in [0.1, 0.15) is 11.4 Å². The molecule has 96 valence electrons. The smallest absolute Gasteiger partial charge is 0.157 e. The van der Waals surface area contributed by atoms with E-state index in [1.165, 1.54) is 0 Å². The van der Waals surface area contributed by atoms with Crippen LogP contribution in [-0.2, 0) is 6.61 Å². The maximum atomic E-state index is 9.13. The largest absolute Gasteiger partial charge is 0.497 e. The summed E-state index contributed by atoms with van der Waals surface area (Å²) in [6.07, 6.45) is 1.68. The van der Waals surface area contributed by atoms with E-state index in [2.05, 4.69) is 15.0 Å². The lowest BCUT2D eigenvalue weighted by atomic mass is 10.2. The topological polar surface area (TPSA) is 71.0 Å². The molecule has 0 bridgehead atoms. The zero-order valence-corrected chi connectivity index (χ0v) is 10.4. The van der Waals surface area contributed by atoms with E-state index in [1.54, 1.807) is 19.4 Å². The molecule has 2 N–H and O–H groups in total. The summed E-state index contributed by atoms with van der Waals surface area (Å²) in [6.45, 7) is 0.0156. The Kier molecular flexibility index (Phi) is 2.89. The third kappa shape index (κ3) is 2.15. The number of pyridine rings is 1. The molecule has 0 fully saturated rings. The van der Waals surface area contributed by atoms with Gasteiger partial charge in [-0.3, -0.25) is 4.98 Å². The van der Waals surface area contributed by atoms with Gasteiger partial charge in [0.2, 0.25) is 0 Å².